The Morgan fingerprint density at radius 3 is 2.82 bits per heavy atom. The summed E-state index contributed by atoms with van der Waals surface area (Å²) >= 11 is 1.63. The zero-order chi connectivity index (χ0) is 8.32. The van der Waals surface area contributed by atoms with Crippen molar-refractivity contribution < 1.29 is 0 Å². The van der Waals surface area contributed by atoms with Gasteiger partial charge in [-0.2, -0.15) is 0 Å². The van der Waals surface area contributed by atoms with Crippen LogP contribution in [0.2, 0.25) is 0 Å². The molecule has 0 fully saturated rings. The highest BCUT2D eigenvalue weighted by molar-refractivity contribution is 7.07. The van der Waals surface area contributed by atoms with Gasteiger partial charge in [-0.3, -0.25) is 0 Å². The molecule has 2 nitrogen and oxygen atoms in total. The van der Waals surface area contributed by atoms with Crippen LogP contribution < -0.4 is 5.73 Å². The fourth-order valence-corrected chi connectivity index (χ4v) is 1.65. The number of nitrogens with two attached hydrogens (primary N) is 1. The van der Waals surface area contributed by atoms with Crippen LogP contribution in [0.5, 0.6) is 0 Å². The molecule has 1 aromatic rings. The van der Waals surface area contributed by atoms with Gasteiger partial charge in [0.1, 0.15) is 0 Å². The van der Waals surface area contributed by atoms with Crippen LogP contribution in [0, 0.1) is 0 Å². The molecule has 2 N–H and O–H groups in total. The molecule has 3 heteroatoms. The van der Waals surface area contributed by atoms with Gasteiger partial charge >= 0.3 is 0 Å². The molecule has 0 saturated heterocycles. The maximum atomic E-state index is 5.67. The summed E-state index contributed by atoms with van der Waals surface area (Å²) in [5.41, 5.74) is 8.75. The van der Waals surface area contributed by atoms with Gasteiger partial charge in [0.05, 0.1) is 11.2 Å². The summed E-state index contributed by atoms with van der Waals surface area (Å²) in [6.07, 6.45) is 1.05. The third-order valence-electron chi connectivity index (χ3n) is 2.28. The Kier molecular flexibility index (Phi) is 2.62. The lowest BCUT2D eigenvalue weighted by Crippen LogP contribution is -2.31. The molecule has 0 aliphatic heterocycles. The number of thiazole rings is 1. The Morgan fingerprint density at radius 1 is 1.73 bits per heavy atom. The monoisotopic (exact) mass is 170 g/mol. The average Bonchev–Trinajstić information content (AvgIpc) is 2.55. The van der Waals surface area contributed by atoms with Crippen molar-refractivity contribution in [1.29, 1.82) is 0 Å². The van der Waals surface area contributed by atoms with Crippen molar-refractivity contribution in [2.75, 3.05) is 6.54 Å². The minimum absolute atomic E-state index is 0.0833. The summed E-state index contributed by atoms with van der Waals surface area (Å²) in [4.78, 5) is 4.27. The molecule has 0 bridgehead atoms. The van der Waals surface area contributed by atoms with Gasteiger partial charge in [-0.1, -0.05) is 13.8 Å². The lowest BCUT2D eigenvalue weighted by Gasteiger charge is -2.23. The molecule has 1 rings (SSSR count). The molecule has 1 heterocycles. The van der Waals surface area contributed by atoms with Crippen LogP contribution in [0.3, 0.4) is 0 Å². The lowest BCUT2D eigenvalue weighted by atomic mass is 9.85. The quantitative estimate of drug-likeness (QED) is 0.751. The maximum absolute atomic E-state index is 5.67. The van der Waals surface area contributed by atoms with Crippen LogP contribution in [0.4, 0.5) is 0 Å². The van der Waals surface area contributed by atoms with Gasteiger partial charge in [0, 0.05) is 17.3 Å². The van der Waals surface area contributed by atoms with Gasteiger partial charge in [0.15, 0.2) is 0 Å². The normalized spacial score (nSPS) is 16.3. The van der Waals surface area contributed by atoms with E-state index in [9.17, 15) is 0 Å². The summed E-state index contributed by atoms with van der Waals surface area (Å²) in [6, 6.07) is 0. The molecule has 1 aromatic heterocycles. The van der Waals surface area contributed by atoms with Crippen molar-refractivity contribution in [3.8, 4) is 0 Å². The predicted molar refractivity (Wildman–Crippen MR) is 48.8 cm³/mol. The third kappa shape index (κ3) is 1.60. The molecule has 1 unspecified atom stereocenters. The Bertz CT molecular complexity index is 202. The molecule has 0 aliphatic rings. The SMILES string of the molecule is CCC(C)(CN)c1cscn1. The summed E-state index contributed by atoms with van der Waals surface area (Å²) in [7, 11) is 0. The van der Waals surface area contributed by atoms with Crippen molar-refractivity contribution in [3.63, 3.8) is 0 Å². The second-order valence-electron chi connectivity index (χ2n) is 2.99. The zero-order valence-corrected chi connectivity index (χ0v) is 7.82. The minimum atomic E-state index is 0.0833. The molecule has 0 saturated carbocycles. The number of hydrogen-bond acceptors (Lipinski definition) is 3. The number of rotatable bonds is 3. The minimum Gasteiger partial charge on any atom is -0.330 e. The van der Waals surface area contributed by atoms with E-state index < -0.39 is 0 Å². The van der Waals surface area contributed by atoms with Crippen molar-refractivity contribution in [3.05, 3.63) is 16.6 Å². The fraction of sp³-hybridized carbons (Fsp3) is 0.625. The zero-order valence-electron chi connectivity index (χ0n) is 7.00. The first kappa shape index (κ1) is 8.68. The number of hydrogen-bond donors (Lipinski definition) is 1. The van der Waals surface area contributed by atoms with Gasteiger partial charge in [-0.25, -0.2) is 4.98 Å². The standard InChI is InChI=1S/C8H14N2S/c1-3-8(2,5-9)7-4-11-6-10-7/h4,6H,3,5,9H2,1-2H3. The molecule has 0 aliphatic carbocycles. The molecule has 62 valence electrons. The molecule has 0 amide bonds. The number of nitrogens with zero attached hydrogens (tertiary/aromatic N) is 1. The Hall–Kier alpha value is -0.410. The summed E-state index contributed by atoms with van der Waals surface area (Å²) in [5.74, 6) is 0. The van der Waals surface area contributed by atoms with Gasteiger partial charge in [0.2, 0.25) is 0 Å². The van der Waals surface area contributed by atoms with E-state index in [2.05, 4.69) is 24.2 Å². The highest BCUT2D eigenvalue weighted by Gasteiger charge is 2.24. The molecule has 0 aromatic carbocycles. The predicted octanol–water partition coefficient (Wildman–Crippen LogP) is 1.77. The van der Waals surface area contributed by atoms with Crippen LogP contribution >= 0.6 is 11.3 Å². The van der Waals surface area contributed by atoms with Crippen LogP contribution in [0.15, 0.2) is 10.9 Å². The summed E-state index contributed by atoms with van der Waals surface area (Å²) in [6.45, 7) is 4.97. The van der Waals surface area contributed by atoms with Gasteiger partial charge < -0.3 is 5.73 Å². The van der Waals surface area contributed by atoms with Crippen molar-refractivity contribution in [2.45, 2.75) is 25.7 Å². The van der Waals surface area contributed by atoms with Crippen LogP contribution in [-0.2, 0) is 5.41 Å². The molecule has 1 atom stereocenters. The van der Waals surface area contributed by atoms with E-state index >= 15 is 0 Å². The first-order chi connectivity index (χ1) is 5.23. The Morgan fingerprint density at radius 2 is 2.45 bits per heavy atom. The second kappa shape index (κ2) is 3.32. The summed E-state index contributed by atoms with van der Waals surface area (Å²) in [5, 5.41) is 2.08. The van der Waals surface area contributed by atoms with E-state index in [0.717, 1.165) is 12.1 Å². The van der Waals surface area contributed by atoms with Crippen LogP contribution in [0.25, 0.3) is 0 Å². The van der Waals surface area contributed by atoms with E-state index in [4.69, 9.17) is 5.73 Å². The average molecular weight is 170 g/mol. The second-order valence-corrected chi connectivity index (χ2v) is 3.71. The van der Waals surface area contributed by atoms with Gasteiger partial charge in [-0.15, -0.1) is 11.3 Å². The van der Waals surface area contributed by atoms with Crippen LogP contribution in [-0.4, -0.2) is 11.5 Å². The smallest absolute Gasteiger partial charge is 0.0794 e. The van der Waals surface area contributed by atoms with Gasteiger partial charge in [-0.05, 0) is 6.42 Å². The van der Waals surface area contributed by atoms with Crippen molar-refractivity contribution in [1.82, 2.24) is 4.98 Å². The van der Waals surface area contributed by atoms with Crippen molar-refractivity contribution >= 4 is 11.3 Å². The van der Waals surface area contributed by atoms with E-state index in [1.54, 1.807) is 11.3 Å². The van der Waals surface area contributed by atoms with Gasteiger partial charge in [0.25, 0.3) is 0 Å². The Balaban J connectivity index is 2.87. The van der Waals surface area contributed by atoms with E-state index in [1.807, 2.05) is 5.51 Å². The van der Waals surface area contributed by atoms with Crippen LogP contribution in [0.1, 0.15) is 26.0 Å². The summed E-state index contributed by atoms with van der Waals surface area (Å²) < 4.78 is 0. The molecular formula is C8H14N2S. The first-order valence-electron chi connectivity index (χ1n) is 3.81. The molecule has 11 heavy (non-hydrogen) atoms. The lowest BCUT2D eigenvalue weighted by molar-refractivity contribution is 0.456. The highest BCUT2D eigenvalue weighted by atomic mass is 32.1. The topological polar surface area (TPSA) is 38.9 Å². The fourth-order valence-electron chi connectivity index (χ4n) is 0.941. The van der Waals surface area contributed by atoms with E-state index in [0.29, 0.717) is 6.54 Å². The van der Waals surface area contributed by atoms with E-state index in [-0.39, 0.29) is 5.41 Å². The molecule has 0 spiro atoms. The first-order valence-corrected chi connectivity index (χ1v) is 4.76. The molecular weight excluding hydrogens is 156 g/mol. The number of aromatic nitrogens is 1. The maximum Gasteiger partial charge on any atom is 0.0794 e. The highest BCUT2D eigenvalue weighted by Crippen LogP contribution is 2.25. The molecule has 0 radical (unpaired) electrons. The third-order valence-corrected chi connectivity index (χ3v) is 2.87. The largest absolute Gasteiger partial charge is 0.330 e. The Labute approximate surface area is 71.5 Å². The van der Waals surface area contributed by atoms with E-state index in [1.165, 1.54) is 0 Å². The van der Waals surface area contributed by atoms with Crippen molar-refractivity contribution in [2.24, 2.45) is 5.73 Å².